The third-order valence-corrected chi connectivity index (χ3v) is 7.32. The van der Waals surface area contributed by atoms with Crippen molar-refractivity contribution in [1.29, 1.82) is 0 Å². The Labute approximate surface area is 238 Å². The van der Waals surface area contributed by atoms with E-state index < -0.39 is 11.4 Å². The van der Waals surface area contributed by atoms with Gasteiger partial charge in [-0.25, -0.2) is 9.18 Å². The number of para-hydroxylation sites is 1. The van der Waals surface area contributed by atoms with Crippen molar-refractivity contribution in [2.75, 3.05) is 18.0 Å². The molecule has 0 spiro atoms. The normalized spacial score (nSPS) is 12.0. The zero-order chi connectivity index (χ0) is 29.1. The van der Waals surface area contributed by atoms with E-state index in [2.05, 4.69) is 49.3 Å². The Kier molecular flexibility index (Phi) is 8.02. The maximum Gasteiger partial charge on any atom is 0.347 e. The molecule has 0 unspecified atom stereocenters. The molecule has 0 amide bonds. The fraction of sp³-hybridized carbons (Fsp3) is 0.200. The van der Waals surface area contributed by atoms with Crippen LogP contribution >= 0.6 is 0 Å². The topological polar surface area (TPSA) is 55.5 Å². The van der Waals surface area contributed by atoms with Gasteiger partial charge in [0.1, 0.15) is 17.0 Å². The maximum absolute atomic E-state index is 13.7. The molecule has 0 radical (unpaired) electrons. The lowest BCUT2D eigenvalue weighted by Crippen LogP contribution is -2.21. The summed E-state index contributed by atoms with van der Waals surface area (Å²) in [6.45, 7) is 10.0. The van der Waals surface area contributed by atoms with Gasteiger partial charge in [0.05, 0.1) is 0 Å². The van der Waals surface area contributed by atoms with Crippen molar-refractivity contribution in [3.63, 3.8) is 0 Å². The van der Waals surface area contributed by atoms with Gasteiger partial charge in [-0.1, -0.05) is 42.5 Å². The van der Waals surface area contributed by atoms with Crippen LogP contribution in [0.2, 0.25) is 0 Å². The molecule has 0 fully saturated rings. The van der Waals surface area contributed by atoms with Crippen molar-refractivity contribution in [2.24, 2.45) is 0 Å². The Morgan fingerprint density at radius 1 is 0.976 bits per heavy atom. The highest BCUT2D eigenvalue weighted by molar-refractivity contribution is 6.06. The third-order valence-electron chi connectivity index (χ3n) is 7.32. The van der Waals surface area contributed by atoms with Gasteiger partial charge in [-0.15, -0.1) is 0 Å². The van der Waals surface area contributed by atoms with Crippen LogP contribution in [-0.2, 0) is 0 Å². The number of carbonyl (C=O) groups is 1. The third kappa shape index (κ3) is 5.50. The molecule has 0 atom stereocenters. The summed E-state index contributed by atoms with van der Waals surface area (Å²) >= 11 is 0. The molecule has 5 rings (SSSR count). The summed E-state index contributed by atoms with van der Waals surface area (Å²) < 4.78 is 21.5. The molecule has 41 heavy (non-hydrogen) atoms. The van der Waals surface area contributed by atoms with Gasteiger partial charge in [0, 0.05) is 58.4 Å². The first-order valence-electron chi connectivity index (χ1n) is 13.9. The van der Waals surface area contributed by atoms with E-state index in [1.54, 1.807) is 30.4 Å². The first-order valence-corrected chi connectivity index (χ1v) is 13.9. The van der Waals surface area contributed by atoms with Crippen LogP contribution in [0.15, 0.2) is 100 Å². The summed E-state index contributed by atoms with van der Waals surface area (Å²) in [7, 11) is 0. The van der Waals surface area contributed by atoms with Crippen molar-refractivity contribution in [1.82, 2.24) is 4.57 Å². The fourth-order valence-electron chi connectivity index (χ4n) is 5.36. The van der Waals surface area contributed by atoms with Crippen molar-refractivity contribution < 1.29 is 13.6 Å². The highest BCUT2D eigenvalue weighted by atomic mass is 19.1. The number of aromatic nitrogens is 1. The molecule has 0 saturated heterocycles. The van der Waals surface area contributed by atoms with Crippen LogP contribution in [0.4, 0.5) is 10.1 Å². The lowest BCUT2D eigenvalue weighted by molar-refractivity contribution is 0.104. The standard InChI is InChI=1S/C35H33FN2O3/c1-5-37(6-2)27-20-17-25-21-29(35(40)41-33(25)22-27)32(39)14-10-9-13-31-34(24-15-18-26(36)19-16-24)28-11-7-8-12-30(28)38(31)23(3)4/h7-23H,5-6H2,1-4H3. The number of nitrogens with zero attached hydrogens (tertiary/aromatic N) is 2. The molecule has 208 valence electrons. The Morgan fingerprint density at radius 3 is 2.41 bits per heavy atom. The highest BCUT2D eigenvalue weighted by Gasteiger charge is 2.18. The van der Waals surface area contributed by atoms with Gasteiger partial charge in [0.15, 0.2) is 5.78 Å². The molecule has 2 heterocycles. The number of rotatable bonds is 9. The smallest absolute Gasteiger partial charge is 0.347 e. The Hall–Kier alpha value is -4.71. The first-order chi connectivity index (χ1) is 19.8. The SMILES string of the molecule is CCN(CC)c1ccc2cc(C(=O)C=CC=Cc3c(-c4ccc(F)cc4)c4ccccc4n3C(C)C)c(=O)oc2c1. The van der Waals surface area contributed by atoms with Crippen LogP contribution in [0.3, 0.4) is 0 Å². The minimum atomic E-state index is -0.661. The lowest BCUT2D eigenvalue weighted by atomic mass is 10.0. The van der Waals surface area contributed by atoms with E-state index in [-0.39, 0.29) is 17.4 Å². The number of carbonyl (C=O) groups excluding carboxylic acids is 1. The fourth-order valence-corrected chi connectivity index (χ4v) is 5.36. The second kappa shape index (κ2) is 11.8. The molecule has 5 aromatic rings. The van der Waals surface area contributed by atoms with Gasteiger partial charge in [0.2, 0.25) is 0 Å². The largest absolute Gasteiger partial charge is 0.422 e. The van der Waals surface area contributed by atoms with Gasteiger partial charge in [-0.3, -0.25) is 4.79 Å². The molecule has 0 bridgehead atoms. The second-order valence-corrected chi connectivity index (χ2v) is 10.2. The predicted octanol–water partition coefficient (Wildman–Crippen LogP) is 8.43. The monoisotopic (exact) mass is 548 g/mol. The number of ketones is 1. The van der Waals surface area contributed by atoms with Crippen molar-refractivity contribution in [3.05, 3.63) is 119 Å². The van der Waals surface area contributed by atoms with E-state index in [0.29, 0.717) is 11.0 Å². The minimum absolute atomic E-state index is 0.0129. The summed E-state index contributed by atoms with van der Waals surface area (Å²) in [6, 6.07) is 22.0. The van der Waals surface area contributed by atoms with Gasteiger partial charge >= 0.3 is 5.63 Å². The number of benzene rings is 3. The molecule has 2 aromatic heterocycles. The van der Waals surface area contributed by atoms with E-state index in [1.165, 1.54) is 18.2 Å². The molecule has 3 aromatic carbocycles. The average Bonchev–Trinajstić information content (AvgIpc) is 3.30. The van der Waals surface area contributed by atoms with Crippen molar-refractivity contribution >= 4 is 39.4 Å². The van der Waals surface area contributed by atoms with E-state index in [0.717, 1.165) is 46.5 Å². The summed E-state index contributed by atoms with van der Waals surface area (Å²) in [4.78, 5) is 27.9. The number of allylic oxidation sites excluding steroid dienone is 3. The van der Waals surface area contributed by atoms with Crippen LogP contribution in [0.5, 0.6) is 0 Å². The molecular weight excluding hydrogens is 515 g/mol. The number of anilines is 1. The number of fused-ring (bicyclic) bond motifs is 2. The zero-order valence-corrected chi connectivity index (χ0v) is 23.7. The van der Waals surface area contributed by atoms with Crippen molar-refractivity contribution in [3.8, 4) is 11.1 Å². The molecule has 0 saturated carbocycles. The summed E-state index contributed by atoms with van der Waals surface area (Å²) in [5.74, 6) is -0.719. The van der Waals surface area contributed by atoms with E-state index in [1.807, 2.05) is 36.4 Å². The van der Waals surface area contributed by atoms with E-state index >= 15 is 0 Å². The van der Waals surface area contributed by atoms with E-state index in [9.17, 15) is 14.0 Å². The zero-order valence-electron chi connectivity index (χ0n) is 23.7. The molecule has 0 aliphatic carbocycles. The van der Waals surface area contributed by atoms with Crippen LogP contribution < -0.4 is 10.5 Å². The first kappa shape index (κ1) is 27.8. The maximum atomic E-state index is 13.7. The van der Waals surface area contributed by atoms with Gasteiger partial charge < -0.3 is 13.9 Å². The highest BCUT2D eigenvalue weighted by Crippen LogP contribution is 2.38. The molecule has 0 aliphatic heterocycles. The number of hydrogen-bond acceptors (Lipinski definition) is 4. The summed E-state index contributed by atoms with van der Waals surface area (Å²) in [5.41, 5.74) is 4.65. The lowest BCUT2D eigenvalue weighted by Gasteiger charge is -2.20. The van der Waals surface area contributed by atoms with Crippen LogP contribution in [0.1, 0.15) is 49.8 Å². The van der Waals surface area contributed by atoms with Crippen molar-refractivity contribution in [2.45, 2.75) is 33.7 Å². The van der Waals surface area contributed by atoms with Gasteiger partial charge in [-0.2, -0.15) is 0 Å². The number of halogens is 1. The van der Waals surface area contributed by atoms with Gasteiger partial charge in [0.25, 0.3) is 0 Å². The second-order valence-electron chi connectivity index (χ2n) is 10.2. The predicted molar refractivity (Wildman–Crippen MR) is 166 cm³/mol. The summed E-state index contributed by atoms with van der Waals surface area (Å²) in [5, 5.41) is 1.75. The molecule has 0 aliphatic rings. The van der Waals surface area contributed by atoms with Gasteiger partial charge in [-0.05, 0) is 81.8 Å². The van der Waals surface area contributed by atoms with Crippen LogP contribution in [0, 0.1) is 5.82 Å². The number of hydrogen-bond donors (Lipinski definition) is 0. The molecular formula is C35H33FN2O3. The van der Waals surface area contributed by atoms with E-state index in [4.69, 9.17) is 4.42 Å². The Bertz CT molecular complexity index is 1840. The Balaban J connectivity index is 1.48. The molecule has 5 nitrogen and oxygen atoms in total. The summed E-state index contributed by atoms with van der Waals surface area (Å²) in [6.07, 6.45) is 6.74. The quantitative estimate of drug-likeness (QED) is 0.0803. The molecule has 6 heteroatoms. The average molecular weight is 549 g/mol. The van der Waals surface area contributed by atoms with Crippen LogP contribution in [0.25, 0.3) is 39.1 Å². The van der Waals surface area contributed by atoms with Crippen LogP contribution in [-0.4, -0.2) is 23.4 Å². The minimum Gasteiger partial charge on any atom is -0.422 e. The Morgan fingerprint density at radius 2 is 1.71 bits per heavy atom. The molecule has 0 N–H and O–H groups in total.